The van der Waals surface area contributed by atoms with Gasteiger partial charge < -0.3 is 4.74 Å². The molecule has 2 amide bonds. The summed E-state index contributed by atoms with van der Waals surface area (Å²) < 4.78 is 5.60. The lowest BCUT2D eigenvalue weighted by Gasteiger charge is -2.27. The first-order chi connectivity index (χ1) is 11.7. The van der Waals surface area contributed by atoms with E-state index in [0.29, 0.717) is 11.6 Å². The van der Waals surface area contributed by atoms with Crippen molar-refractivity contribution in [3.05, 3.63) is 42.0 Å². The lowest BCUT2D eigenvalue weighted by molar-refractivity contribution is -0.395. The molecule has 136 valence electrons. The van der Waals surface area contributed by atoms with Gasteiger partial charge in [-0.1, -0.05) is 26.0 Å². The van der Waals surface area contributed by atoms with Gasteiger partial charge in [0.2, 0.25) is 0 Å². The molecule has 0 aliphatic carbocycles. The summed E-state index contributed by atoms with van der Waals surface area (Å²) in [4.78, 5) is 35.0. The first kappa shape index (κ1) is 19.3. The van der Waals surface area contributed by atoms with Crippen molar-refractivity contribution in [2.75, 3.05) is 11.7 Å². The highest BCUT2D eigenvalue weighted by atomic mass is 17.2. The molecule has 1 atom stereocenters. The van der Waals surface area contributed by atoms with Crippen LogP contribution < -0.4 is 4.90 Å². The predicted octanol–water partition coefficient (Wildman–Crippen LogP) is 3.53. The van der Waals surface area contributed by atoms with Crippen molar-refractivity contribution in [2.45, 2.75) is 46.3 Å². The van der Waals surface area contributed by atoms with Gasteiger partial charge in [-0.05, 0) is 44.4 Å². The number of carbonyl (C=O) groups is 2. The Labute approximate surface area is 148 Å². The summed E-state index contributed by atoms with van der Waals surface area (Å²) in [7, 11) is 0. The standard InChI is InChI=1S/C19H25NO5/c1-13(2)19(4,5)25-24-12-23-14(3)15-6-8-16(9-7-15)20-17(21)10-11-18(20)22/h6-11,13-14H,12H2,1-5H3. The Bertz CT molecular complexity index is 630. The summed E-state index contributed by atoms with van der Waals surface area (Å²) in [6.07, 6.45) is 2.30. The predicted molar refractivity (Wildman–Crippen MR) is 93.5 cm³/mol. The molecule has 0 spiro atoms. The fourth-order valence-corrected chi connectivity index (χ4v) is 2.05. The van der Waals surface area contributed by atoms with E-state index >= 15 is 0 Å². The van der Waals surface area contributed by atoms with Crippen LogP contribution in [0.1, 0.15) is 46.3 Å². The van der Waals surface area contributed by atoms with Gasteiger partial charge in [0.25, 0.3) is 11.8 Å². The Morgan fingerprint density at radius 1 is 1.00 bits per heavy atom. The zero-order valence-corrected chi connectivity index (χ0v) is 15.3. The van der Waals surface area contributed by atoms with E-state index in [-0.39, 0.29) is 24.7 Å². The highest BCUT2D eigenvalue weighted by molar-refractivity contribution is 6.28. The van der Waals surface area contributed by atoms with Crippen molar-refractivity contribution in [3.63, 3.8) is 0 Å². The molecule has 0 bridgehead atoms. The van der Waals surface area contributed by atoms with Crippen LogP contribution in [-0.4, -0.2) is 24.2 Å². The molecule has 6 nitrogen and oxygen atoms in total. The van der Waals surface area contributed by atoms with Gasteiger partial charge in [-0.25, -0.2) is 14.7 Å². The maximum atomic E-state index is 11.7. The Hall–Kier alpha value is -2.02. The first-order valence-corrected chi connectivity index (χ1v) is 8.30. The molecule has 1 aliphatic rings. The summed E-state index contributed by atoms with van der Waals surface area (Å²) in [6.45, 7) is 9.91. The minimum atomic E-state index is -0.392. The van der Waals surface area contributed by atoms with E-state index in [1.54, 1.807) is 12.1 Å². The third-order valence-electron chi connectivity index (χ3n) is 4.46. The van der Waals surface area contributed by atoms with Crippen molar-refractivity contribution >= 4 is 17.5 Å². The second kappa shape index (κ2) is 7.91. The van der Waals surface area contributed by atoms with Gasteiger partial charge in [-0.15, -0.1) is 0 Å². The monoisotopic (exact) mass is 347 g/mol. The van der Waals surface area contributed by atoms with Crippen molar-refractivity contribution in [2.24, 2.45) is 5.92 Å². The van der Waals surface area contributed by atoms with Crippen LogP contribution in [0.4, 0.5) is 5.69 Å². The number of hydrogen-bond acceptors (Lipinski definition) is 5. The van der Waals surface area contributed by atoms with Gasteiger partial charge in [0.05, 0.1) is 11.8 Å². The topological polar surface area (TPSA) is 65.1 Å². The molecule has 1 heterocycles. The molecule has 0 saturated carbocycles. The number of benzene rings is 1. The Balaban J connectivity index is 1.85. The average Bonchev–Trinajstić information content (AvgIpc) is 2.90. The van der Waals surface area contributed by atoms with E-state index in [1.165, 1.54) is 12.2 Å². The SMILES string of the molecule is CC(OCOOC(C)(C)C(C)C)c1ccc(N2C(=O)C=CC2=O)cc1. The highest BCUT2D eigenvalue weighted by Crippen LogP contribution is 2.24. The molecule has 0 fully saturated rings. The van der Waals surface area contributed by atoms with E-state index in [2.05, 4.69) is 13.8 Å². The lowest BCUT2D eigenvalue weighted by Crippen LogP contribution is -2.31. The second-order valence-electron chi connectivity index (χ2n) is 6.82. The van der Waals surface area contributed by atoms with E-state index in [1.807, 2.05) is 32.9 Å². The maximum Gasteiger partial charge on any atom is 0.258 e. The number of ether oxygens (including phenoxy) is 1. The number of amides is 2. The van der Waals surface area contributed by atoms with Crippen LogP contribution in [0.25, 0.3) is 0 Å². The molecule has 0 saturated heterocycles. The number of hydrogen-bond donors (Lipinski definition) is 0. The maximum absolute atomic E-state index is 11.7. The molecular weight excluding hydrogens is 322 g/mol. The van der Waals surface area contributed by atoms with E-state index in [9.17, 15) is 9.59 Å². The Morgan fingerprint density at radius 3 is 2.08 bits per heavy atom. The normalized spacial score (nSPS) is 16.2. The zero-order chi connectivity index (χ0) is 18.6. The largest absolute Gasteiger partial charge is 0.345 e. The molecular formula is C19H25NO5. The number of rotatable bonds is 8. The molecule has 1 aliphatic heterocycles. The molecule has 2 rings (SSSR count). The van der Waals surface area contributed by atoms with Crippen LogP contribution in [0.15, 0.2) is 36.4 Å². The molecule has 0 aromatic heterocycles. The van der Waals surface area contributed by atoms with Crippen LogP contribution in [0.2, 0.25) is 0 Å². The molecule has 0 radical (unpaired) electrons. The van der Waals surface area contributed by atoms with Crippen LogP contribution >= 0.6 is 0 Å². The fraction of sp³-hybridized carbons (Fsp3) is 0.474. The molecule has 1 unspecified atom stereocenters. The summed E-state index contributed by atoms with van der Waals surface area (Å²) in [6, 6.07) is 7.07. The third kappa shape index (κ3) is 4.75. The van der Waals surface area contributed by atoms with Crippen molar-refractivity contribution in [1.29, 1.82) is 0 Å². The molecule has 1 aromatic carbocycles. The van der Waals surface area contributed by atoms with Crippen LogP contribution in [0.5, 0.6) is 0 Å². The van der Waals surface area contributed by atoms with Gasteiger partial charge in [-0.3, -0.25) is 9.59 Å². The molecule has 25 heavy (non-hydrogen) atoms. The van der Waals surface area contributed by atoms with Gasteiger partial charge in [0.1, 0.15) is 5.60 Å². The number of carbonyl (C=O) groups excluding carboxylic acids is 2. The summed E-state index contributed by atoms with van der Waals surface area (Å²) in [5, 5.41) is 0. The second-order valence-corrected chi connectivity index (χ2v) is 6.82. The third-order valence-corrected chi connectivity index (χ3v) is 4.46. The van der Waals surface area contributed by atoms with E-state index < -0.39 is 5.60 Å². The van der Waals surface area contributed by atoms with Crippen molar-refractivity contribution in [3.8, 4) is 0 Å². The van der Waals surface area contributed by atoms with E-state index in [0.717, 1.165) is 10.5 Å². The summed E-state index contributed by atoms with van der Waals surface area (Å²) in [5.41, 5.74) is 1.05. The molecule has 0 N–H and O–H groups in total. The lowest BCUT2D eigenvalue weighted by atomic mass is 9.95. The fourth-order valence-electron chi connectivity index (χ4n) is 2.05. The summed E-state index contributed by atoms with van der Waals surface area (Å²) >= 11 is 0. The average molecular weight is 347 g/mol. The minimum Gasteiger partial charge on any atom is -0.345 e. The van der Waals surface area contributed by atoms with Gasteiger partial charge >= 0.3 is 0 Å². The van der Waals surface area contributed by atoms with Gasteiger partial charge in [0.15, 0.2) is 6.79 Å². The minimum absolute atomic E-state index is 0.00604. The highest BCUT2D eigenvalue weighted by Gasteiger charge is 2.26. The number of anilines is 1. The van der Waals surface area contributed by atoms with Crippen LogP contribution in [-0.2, 0) is 24.1 Å². The smallest absolute Gasteiger partial charge is 0.258 e. The van der Waals surface area contributed by atoms with Crippen molar-refractivity contribution in [1.82, 2.24) is 0 Å². The van der Waals surface area contributed by atoms with Crippen molar-refractivity contribution < 1.29 is 24.1 Å². The van der Waals surface area contributed by atoms with Gasteiger partial charge in [0, 0.05) is 12.2 Å². The Morgan fingerprint density at radius 2 is 1.56 bits per heavy atom. The molecule has 6 heteroatoms. The number of imide groups is 1. The van der Waals surface area contributed by atoms with Crippen LogP contribution in [0.3, 0.4) is 0 Å². The van der Waals surface area contributed by atoms with E-state index in [4.69, 9.17) is 14.5 Å². The van der Waals surface area contributed by atoms with Crippen LogP contribution in [0, 0.1) is 5.92 Å². The quantitative estimate of drug-likeness (QED) is 0.237. The first-order valence-electron chi connectivity index (χ1n) is 8.30. The summed E-state index contributed by atoms with van der Waals surface area (Å²) in [5.74, 6) is -0.358. The number of nitrogens with zero attached hydrogens (tertiary/aromatic N) is 1. The van der Waals surface area contributed by atoms with Gasteiger partial charge in [-0.2, -0.15) is 0 Å². The Kier molecular flexibility index (Phi) is 6.11. The molecule has 1 aromatic rings. The zero-order valence-electron chi connectivity index (χ0n) is 15.3.